The Morgan fingerprint density at radius 3 is 2.58 bits per heavy atom. The Hall–Kier alpha value is -0.0800. The molecule has 2 heteroatoms. The summed E-state index contributed by atoms with van der Waals surface area (Å²) in [6, 6.07) is 0. The van der Waals surface area contributed by atoms with E-state index in [1.54, 1.807) is 0 Å². The summed E-state index contributed by atoms with van der Waals surface area (Å²) in [5, 5.41) is 3.33. The molecule has 0 spiro atoms. The van der Waals surface area contributed by atoms with Crippen molar-refractivity contribution in [2.75, 3.05) is 26.3 Å². The summed E-state index contributed by atoms with van der Waals surface area (Å²) in [7, 11) is 0. The maximum atomic E-state index is 5.41. The van der Waals surface area contributed by atoms with Crippen LogP contribution >= 0.6 is 0 Å². The third-order valence-electron chi connectivity index (χ3n) is 1.85. The molecule has 1 unspecified atom stereocenters. The number of ether oxygens (including phenoxy) is 1. The highest BCUT2D eigenvalue weighted by Gasteiger charge is 1.99. The molecule has 0 heterocycles. The minimum Gasteiger partial charge on any atom is -0.381 e. The van der Waals surface area contributed by atoms with Gasteiger partial charge in [-0.25, -0.2) is 0 Å². The van der Waals surface area contributed by atoms with Crippen LogP contribution in [0.4, 0.5) is 0 Å². The Balaban J connectivity index is 3.02. The minimum atomic E-state index is 0.738. The van der Waals surface area contributed by atoms with Crippen LogP contribution in [0.2, 0.25) is 0 Å². The first-order chi connectivity index (χ1) is 5.81. The fourth-order valence-corrected chi connectivity index (χ4v) is 1.02. The van der Waals surface area contributed by atoms with E-state index in [4.69, 9.17) is 4.74 Å². The Bertz CT molecular complexity index is 85.9. The molecule has 0 aliphatic rings. The number of hydrogen-bond donors (Lipinski definition) is 1. The van der Waals surface area contributed by atoms with Crippen molar-refractivity contribution in [3.8, 4) is 0 Å². The first-order valence-electron chi connectivity index (χ1n) is 5.09. The van der Waals surface area contributed by atoms with Crippen LogP contribution in [-0.4, -0.2) is 26.3 Å². The minimum absolute atomic E-state index is 0.738. The van der Waals surface area contributed by atoms with Gasteiger partial charge >= 0.3 is 0 Å². The van der Waals surface area contributed by atoms with Crippen LogP contribution in [0, 0.1) is 5.92 Å². The molecule has 0 bridgehead atoms. The van der Waals surface area contributed by atoms with E-state index >= 15 is 0 Å². The second kappa shape index (κ2) is 9.01. The van der Waals surface area contributed by atoms with Crippen molar-refractivity contribution in [3.05, 3.63) is 0 Å². The average Bonchev–Trinajstić information content (AvgIpc) is 2.09. The second-order valence-corrected chi connectivity index (χ2v) is 3.31. The predicted molar refractivity (Wildman–Crippen MR) is 53.4 cm³/mol. The van der Waals surface area contributed by atoms with Crippen molar-refractivity contribution in [2.24, 2.45) is 5.92 Å². The highest BCUT2D eigenvalue weighted by Crippen LogP contribution is 1.99. The molecule has 0 aromatic heterocycles. The monoisotopic (exact) mass is 173 g/mol. The van der Waals surface area contributed by atoms with E-state index in [0.29, 0.717) is 0 Å². The molecule has 0 aliphatic carbocycles. The summed E-state index contributed by atoms with van der Waals surface area (Å²) in [4.78, 5) is 0. The van der Waals surface area contributed by atoms with Crippen LogP contribution in [0.5, 0.6) is 0 Å². The van der Waals surface area contributed by atoms with E-state index in [2.05, 4.69) is 26.1 Å². The Morgan fingerprint density at radius 1 is 1.25 bits per heavy atom. The summed E-state index contributed by atoms with van der Waals surface area (Å²) in [5.41, 5.74) is 0. The van der Waals surface area contributed by atoms with Crippen molar-refractivity contribution in [1.29, 1.82) is 0 Å². The summed E-state index contributed by atoms with van der Waals surface area (Å²) in [6.45, 7) is 10.6. The average molecular weight is 173 g/mol. The van der Waals surface area contributed by atoms with Crippen LogP contribution in [-0.2, 0) is 4.74 Å². The Morgan fingerprint density at radius 2 is 2.00 bits per heavy atom. The van der Waals surface area contributed by atoms with Crippen molar-refractivity contribution < 1.29 is 4.74 Å². The van der Waals surface area contributed by atoms with Crippen LogP contribution in [0.3, 0.4) is 0 Å². The van der Waals surface area contributed by atoms with Crippen molar-refractivity contribution in [2.45, 2.75) is 33.6 Å². The molecule has 0 saturated heterocycles. The molecular weight excluding hydrogens is 150 g/mol. The van der Waals surface area contributed by atoms with Gasteiger partial charge in [0, 0.05) is 13.2 Å². The van der Waals surface area contributed by atoms with E-state index in [0.717, 1.165) is 38.6 Å². The van der Waals surface area contributed by atoms with Crippen molar-refractivity contribution in [1.82, 2.24) is 5.32 Å². The molecule has 0 aromatic carbocycles. The van der Waals surface area contributed by atoms with E-state index in [1.807, 2.05) is 0 Å². The lowest BCUT2D eigenvalue weighted by atomic mass is 10.1. The first kappa shape index (κ1) is 11.9. The maximum absolute atomic E-state index is 5.41. The zero-order valence-electron chi connectivity index (χ0n) is 8.73. The summed E-state index contributed by atoms with van der Waals surface area (Å²) < 4.78 is 5.41. The highest BCUT2D eigenvalue weighted by molar-refractivity contribution is 4.55. The molecule has 0 saturated carbocycles. The third-order valence-corrected chi connectivity index (χ3v) is 1.85. The van der Waals surface area contributed by atoms with Crippen LogP contribution in [0.1, 0.15) is 33.6 Å². The molecular formula is C10H23NO. The summed E-state index contributed by atoms with van der Waals surface area (Å²) >= 11 is 0. The van der Waals surface area contributed by atoms with Gasteiger partial charge in [-0.15, -0.1) is 0 Å². The Kier molecular flexibility index (Phi) is 8.95. The standard InChI is InChI=1S/C10H23NO/c1-4-7-12-8-6-10(3)9-11-5-2/h10-11H,4-9H2,1-3H3. The molecule has 0 aliphatic heterocycles. The fraction of sp³-hybridized carbons (Fsp3) is 1.00. The highest BCUT2D eigenvalue weighted by atomic mass is 16.5. The molecule has 1 N–H and O–H groups in total. The lowest BCUT2D eigenvalue weighted by Crippen LogP contribution is -2.21. The first-order valence-corrected chi connectivity index (χ1v) is 5.09. The van der Waals surface area contributed by atoms with E-state index < -0.39 is 0 Å². The fourth-order valence-electron chi connectivity index (χ4n) is 1.02. The van der Waals surface area contributed by atoms with Crippen molar-refractivity contribution >= 4 is 0 Å². The molecule has 0 amide bonds. The lowest BCUT2D eigenvalue weighted by molar-refractivity contribution is 0.122. The molecule has 1 atom stereocenters. The summed E-state index contributed by atoms with van der Waals surface area (Å²) in [5.74, 6) is 0.738. The van der Waals surface area contributed by atoms with E-state index in [9.17, 15) is 0 Å². The van der Waals surface area contributed by atoms with Gasteiger partial charge in [0.15, 0.2) is 0 Å². The Labute approximate surface area is 76.7 Å². The van der Waals surface area contributed by atoms with Crippen LogP contribution in [0.25, 0.3) is 0 Å². The van der Waals surface area contributed by atoms with Gasteiger partial charge in [0.2, 0.25) is 0 Å². The number of hydrogen-bond acceptors (Lipinski definition) is 2. The molecule has 0 aromatic rings. The molecule has 74 valence electrons. The topological polar surface area (TPSA) is 21.3 Å². The second-order valence-electron chi connectivity index (χ2n) is 3.31. The number of nitrogens with one attached hydrogen (secondary N) is 1. The van der Waals surface area contributed by atoms with Gasteiger partial charge in [-0.2, -0.15) is 0 Å². The van der Waals surface area contributed by atoms with Gasteiger partial charge in [-0.05, 0) is 31.8 Å². The zero-order chi connectivity index (χ0) is 9.23. The number of rotatable bonds is 8. The molecule has 0 rings (SSSR count). The van der Waals surface area contributed by atoms with Crippen LogP contribution in [0.15, 0.2) is 0 Å². The van der Waals surface area contributed by atoms with Crippen molar-refractivity contribution in [3.63, 3.8) is 0 Å². The normalized spacial score (nSPS) is 13.2. The quantitative estimate of drug-likeness (QED) is 0.567. The molecule has 2 nitrogen and oxygen atoms in total. The van der Waals surface area contributed by atoms with Gasteiger partial charge in [-0.1, -0.05) is 20.8 Å². The van der Waals surface area contributed by atoms with Gasteiger partial charge in [0.05, 0.1) is 0 Å². The maximum Gasteiger partial charge on any atom is 0.0469 e. The molecule has 12 heavy (non-hydrogen) atoms. The molecule has 0 radical (unpaired) electrons. The van der Waals surface area contributed by atoms with Gasteiger partial charge in [0.25, 0.3) is 0 Å². The van der Waals surface area contributed by atoms with Gasteiger partial charge in [-0.3, -0.25) is 0 Å². The van der Waals surface area contributed by atoms with Crippen LogP contribution < -0.4 is 5.32 Å². The predicted octanol–water partition coefficient (Wildman–Crippen LogP) is 2.05. The van der Waals surface area contributed by atoms with Gasteiger partial charge < -0.3 is 10.1 Å². The van der Waals surface area contributed by atoms with Gasteiger partial charge in [0.1, 0.15) is 0 Å². The zero-order valence-corrected chi connectivity index (χ0v) is 8.73. The lowest BCUT2D eigenvalue weighted by Gasteiger charge is -2.11. The molecule has 0 fully saturated rings. The van der Waals surface area contributed by atoms with E-state index in [-0.39, 0.29) is 0 Å². The third kappa shape index (κ3) is 8.02. The SMILES string of the molecule is CCCOCCC(C)CNCC. The van der Waals surface area contributed by atoms with E-state index in [1.165, 1.54) is 6.42 Å². The summed E-state index contributed by atoms with van der Waals surface area (Å²) in [6.07, 6.45) is 2.30. The largest absolute Gasteiger partial charge is 0.381 e. The smallest absolute Gasteiger partial charge is 0.0469 e.